The van der Waals surface area contributed by atoms with Crippen LogP contribution in [0.4, 0.5) is 0 Å². The Morgan fingerprint density at radius 3 is 2.38 bits per heavy atom. The largest absolute Gasteiger partial charge is 0.478 e. The van der Waals surface area contributed by atoms with E-state index in [1.807, 2.05) is 44.2 Å². The van der Waals surface area contributed by atoms with E-state index in [-0.39, 0.29) is 17.5 Å². The predicted molar refractivity (Wildman–Crippen MR) is 144 cm³/mol. The fourth-order valence-corrected chi connectivity index (χ4v) is 5.82. The van der Waals surface area contributed by atoms with E-state index in [1.165, 1.54) is 16.7 Å². The third-order valence-corrected chi connectivity index (χ3v) is 8.23. The van der Waals surface area contributed by atoms with Gasteiger partial charge in [-0.1, -0.05) is 92.6 Å². The highest BCUT2D eigenvalue weighted by Crippen LogP contribution is 2.56. The summed E-state index contributed by atoms with van der Waals surface area (Å²) in [4.78, 5) is 24.8. The fraction of sp³-hybridized carbons (Fsp3) is 0.312. The van der Waals surface area contributed by atoms with Crippen molar-refractivity contribution in [2.75, 3.05) is 0 Å². The maximum absolute atomic E-state index is 13.4. The standard InChI is InChI=1S/C32H33NO4/c1-3-20(2)28(33)31(36)37-29-27-11-7-6-10-25(27)19-32(29,18-21-12-14-22(15-13-21)30(34)35)26-16-23-8-4-5-9-24(23)17-26/h4-16,20,28-29H,3,17-19,33H2,1-2H3,(H,34,35)/t20?,28-,29-,32+/m0/s1. The lowest BCUT2D eigenvalue weighted by molar-refractivity contribution is -0.157. The number of benzene rings is 3. The van der Waals surface area contributed by atoms with Gasteiger partial charge in [0.05, 0.1) is 5.56 Å². The van der Waals surface area contributed by atoms with Crippen LogP contribution < -0.4 is 5.73 Å². The SMILES string of the molecule is CCC(C)[C@H](N)C(=O)O[C@H]1c2ccccc2C[C@]1(Cc1ccc(C(=O)O)cc1)C1=Cc2ccccc2C1. The van der Waals surface area contributed by atoms with Crippen LogP contribution in [0.1, 0.15) is 64.5 Å². The van der Waals surface area contributed by atoms with E-state index in [2.05, 4.69) is 36.4 Å². The number of fused-ring (bicyclic) bond motifs is 2. The molecule has 190 valence electrons. The van der Waals surface area contributed by atoms with Gasteiger partial charge >= 0.3 is 11.9 Å². The van der Waals surface area contributed by atoms with Crippen molar-refractivity contribution < 1.29 is 19.4 Å². The molecule has 0 aliphatic heterocycles. The summed E-state index contributed by atoms with van der Waals surface area (Å²) >= 11 is 0. The van der Waals surface area contributed by atoms with Gasteiger partial charge in [0, 0.05) is 5.41 Å². The highest BCUT2D eigenvalue weighted by molar-refractivity contribution is 5.87. The van der Waals surface area contributed by atoms with Crippen molar-refractivity contribution in [2.45, 2.75) is 51.7 Å². The Hall–Kier alpha value is -3.70. The minimum absolute atomic E-state index is 0.0112. The van der Waals surface area contributed by atoms with Crippen molar-refractivity contribution in [1.82, 2.24) is 0 Å². The normalized spacial score (nSPS) is 21.5. The van der Waals surface area contributed by atoms with Crippen molar-refractivity contribution in [3.05, 3.63) is 112 Å². The van der Waals surface area contributed by atoms with E-state index in [0.29, 0.717) is 6.42 Å². The Bertz CT molecular complexity index is 1360. The quantitative estimate of drug-likeness (QED) is 0.388. The molecule has 5 rings (SSSR count). The average molecular weight is 496 g/mol. The summed E-state index contributed by atoms with van der Waals surface area (Å²) < 4.78 is 6.39. The van der Waals surface area contributed by atoms with Crippen molar-refractivity contribution in [3.8, 4) is 0 Å². The highest BCUT2D eigenvalue weighted by atomic mass is 16.5. The summed E-state index contributed by atoms with van der Waals surface area (Å²) in [5.41, 5.74) is 12.9. The van der Waals surface area contributed by atoms with Crippen LogP contribution in [-0.4, -0.2) is 23.1 Å². The van der Waals surface area contributed by atoms with Gasteiger partial charge in [-0.15, -0.1) is 0 Å². The van der Waals surface area contributed by atoms with Gasteiger partial charge in [0.15, 0.2) is 0 Å². The molecule has 0 amide bonds. The van der Waals surface area contributed by atoms with Crippen LogP contribution in [0.2, 0.25) is 0 Å². The zero-order chi connectivity index (χ0) is 26.2. The van der Waals surface area contributed by atoms with Crippen LogP contribution >= 0.6 is 0 Å². The Morgan fingerprint density at radius 2 is 1.70 bits per heavy atom. The predicted octanol–water partition coefficient (Wildman–Crippen LogP) is 5.77. The van der Waals surface area contributed by atoms with Crippen LogP contribution in [0.3, 0.4) is 0 Å². The van der Waals surface area contributed by atoms with Gasteiger partial charge in [0.25, 0.3) is 0 Å². The van der Waals surface area contributed by atoms with Crippen molar-refractivity contribution in [2.24, 2.45) is 17.1 Å². The zero-order valence-electron chi connectivity index (χ0n) is 21.3. The van der Waals surface area contributed by atoms with Crippen LogP contribution in [-0.2, 0) is 28.8 Å². The highest BCUT2D eigenvalue weighted by Gasteiger charge is 2.52. The number of carbonyl (C=O) groups is 2. The molecule has 5 nitrogen and oxygen atoms in total. The van der Waals surface area contributed by atoms with E-state index >= 15 is 0 Å². The first-order chi connectivity index (χ1) is 17.8. The number of hydrogen-bond donors (Lipinski definition) is 2. The molecule has 3 aromatic carbocycles. The number of rotatable bonds is 8. The first-order valence-corrected chi connectivity index (χ1v) is 13.0. The molecular weight excluding hydrogens is 462 g/mol. The summed E-state index contributed by atoms with van der Waals surface area (Å²) in [6.07, 6.45) is 4.66. The summed E-state index contributed by atoms with van der Waals surface area (Å²) in [7, 11) is 0. The molecule has 5 heteroatoms. The third-order valence-electron chi connectivity index (χ3n) is 8.23. The fourth-order valence-electron chi connectivity index (χ4n) is 5.82. The Morgan fingerprint density at radius 1 is 1.03 bits per heavy atom. The maximum atomic E-state index is 13.4. The van der Waals surface area contributed by atoms with E-state index < -0.39 is 23.5 Å². The first-order valence-electron chi connectivity index (χ1n) is 13.0. The Labute approximate surface area is 218 Å². The lowest BCUT2D eigenvalue weighted by Crippen LogP contribution is -2.41. The smallest absolute Gasteiger partial charge is 0.335 e. The number of carboxylic acids is 1. The first kappa shape index (κ1) is 25.0. The summed E-state index contributed by atoms with van der Waals surface area (Å²) in [6.45, 7) is 4.00. The van der Waals surface area contributed by atoms with Crippen LogP contribution in [0, 0.1) is 11.3 Å². The minimum atomic E-state index is -0.950. The second-order valence-corrected chi connectivity index (χ2v) is 10.5. The van der Waals surface area contributed by atoms with Gasteiger partial charge in [-0.2, -0.15) is 0 Å². The lowest BCUT2D eigenvalue weighted by atomic mass is 9.70. The maximum Gasteiger partial charge on any atom is 0.335 e. The van der Waals surface area contributed by atoms with Crippen LogP contribution in [0.25, 0.3) is 6.08 Å². The molecule has 1 unspecified atom stereocenters. The molecule has 2 aliphatic carbocycles. The second-order valence-electron chi connectivity index (χ2n) is 10.5. The molecule has 0 fully saturated rings. The molecule has 3 N–H and O–H groups in total. The minimum Gasteiger partial charge on any atom is -0.478 e. The van der Waals surface area contributed by atoms with E-state index in [4.69, 9.17) is 10.5 Å². The van der Waals surface area contributed by atoms with Crippen LogP contribution in [0.5, 0.6) is 0 Å². The zero-order valence-corrected chi connectivity index (χ0v) is 21.3. The molecule has 0 heterocycles. The van der Waals surface area contributed by atoms with Gasteiger partial charge in [-0.05, 0) is 65.1 Å². The van der Waals surface area contributed by atoms with Crippen molar-refractivity contribution in [1.29, 1.82) is 0 Å². The average Bonchev–Trinajstić information content (AvgIpc) is 3.48. The van der Waals surface area contributed by atoms with Gasteiger partial charge in [0.2, 0.25) is 0 Å². The number of carbonyl (C=O) groups excluding carboxylic acids is 1. The molecule has 3 aromatic rings. The van der Waals surface area contributed by atoms with Gasteiger partial charge < -0.3 is 15.6 Å². The Kier molecular flexibility index (Phi) is 6.74. The molecule has 0 aromatic heterocycles. The number of esters is 1. The van der Waals surface area contributed by atoms with Gasteiger partial charge in [-0.3, -0.25) is 4.79 Å². The van der Waals surface area contributed by atoms with Gasteiger partial charge in [0.1, 0.15) is 12.1 Å². The monoisotopic (exact) mass is 495 g/mol. The van der Waals surface area contributed by atoms with E-state index in [9.17, 15) is 14.7 Å². The topological polar surface area (TPSA) is 89.6 Å². The number of nitrogens with two attached hydrogens (primary N) is 1. The number of carboxylic acid groups (broad SMARTS) is 1. The lowest BCUT2D eigenvalue weighted by Gasteiger charge is -2.38. The second kappa shape index (κ2) is 9.98. The molecule has 0 radical (unpaired) electrons. The molecule has 2 aliphatic rings. The van der Waals surface area contributed by atoms with Crippen LogP contribution in [0.15, 0.2) is 78.4 Å². The van der Waals surface area contributed by atoms with E-state index in [0.717, 1.165) is 36.0 Å². The van der Waals surface area contributed by atoms with E-state index in [1.54, 1.807) is 12.1 Å². The van der Waals surface area contributed by atoms with Crippen molar-refractivity contribution in [3.63, 3.8) is 0 Å². The number of aromatic carboxylic acids is 1. The summed E-state index contributed by atoms with van der Waals surface area (Å²) in [5.74, 6) is -1.32. The molecule has 0 spiro atoms. The molecule has 0 saturated carbocycles. The summed E-state index contributed by atoms with van der Waals surface area (Å²) in [5, 5.41) is 9.38. The summed E-state index contributed by atoms with van der Waals surface area (Å²) in [6, 6.07) is 22.9. The van der Waals surface area contributed by atoms with Gasteiger partial charge in [-0.25, -0.2) is 4.79 Å². The molecule has 4 atom stereocenters. The molecule has 0 saturated heterocycles. The molecular formula is C32H33NO4. The number of hydrogen-bond acceptors (Lipinski definition) is 4. The van der Waals surface area contributed by atoms with Crippen molar-refractivity contribution >= 4 is 18.0 Å². The number of ether oxygens (including phenoxy) is 1. The third kappa shape index (κ3) is 4.60. The molecule has 37 heavy (non-hydrogen) atoms. The molecule has 0 bridgehead atoms. The Balaban J connectivity index is 1.60.